The fraction of sp³-hybridized carbons (Fsp3) is 0.478. The molecule has 2 rings (SSSR count). The molecule has 0 saturated heterocycles. The Labute approximate surface area is 163 Å². The highest BCUT2D eigenvalue weighted by Gasteiger charge is 2.25. The maximum Gasteiger partial charge on any atom is 0.118 e. The molecule has 0 spiro atoms. The van der Waals surface area contributed by atoms with E-state index in [9.17, 15) is 5.11 Å². The highest BCUT2D eigenvalue weighted by Crippen LogP contribution is 2.40. The lowest BCUT2D eigenvalue weighted by Crippen LogP contribution is -2.18. The van der Waals surface area contributed by atoms with Crippen LogP contribution in [0.25, 0.3) is 0 Å². The van der Waals surface area contributed by atoms with E-state index in [1.807, 2.05) is 23.9 Å². The number of rotatable bonds is 5. The monoisotopic (exact) mass is 372 g/mol. The Kier molecular flexibility index (Phi) is 6.46. The fourth-order valence-corrected chi connectivity index (χ4v) is 4.18. The summed E-state index contributed by atoms with van der Waals surface area (Å²) in [7, 11) is 1.68. The number of hydrogen-bond acceptors (Lipinski definition) is 3. The van der Waals surface area contributed by atoms with Crippen LogP contribution in [0.3, 0.4) is 0 Å². The van der Waals surface area contributed by atoms with Crippen LogP contribution in [-0.2, 0) is 23.2 Å². The third-order valence-corrected chi connectivity index (χ3v) is 5.80. The zero-order valence-electron chi connectivity index (χ0n) is 17.1. The van der Waals surface area contributed by atoms with Crippen LogP contribution in [0.5, 0.6) is 5.75 Å². The Morgan fingerprint density at radius 1 is 0.923 bits per heavy atom. The molecule has 0 aliphatic heterocycles. The molecule has 0 atom stereocenters. The van der Waals surface area contributed by atoms with Crippen LogP contribution in [-0.4, -0.2) is 12.2 Å². The van der Waals surface area contributed by atoms with Crippen LogP contribution in [0, 0.1) is 0 Å². The average molecular weight is 373 g/mol. The number of hydrogen-bond donors (Lipinski definition) is 1. The first kappa shape index (κ1) is 20.9. The second-order valence-corrected chi connectivity index (χ2v) is 9.79. The topological polar surface area (TPSA) is 29.5 Å². The SMILES string of the molecule is COc1ccc(CSc2c(CO)cc(C(C)(C)C)cc2C(C)(C)C)cc1. The minimum absolute atomic E-state index is 0.0213. The molecule has 2 aromatic rings. The minimum Gasteiger partial charge on any atom is -0.497 e. The molecule has 0 aliphatic carbocycles. The summed E-state index contributed by atoms with van der Waals surface area (Å²) in [5, 5.41) is 10.0. The normalized spacial score (nSPS) is 12.3. The van der Waals surface area contributed by atoms with Crippen molar-refractivity contribution >= 4 is 11.8 Å². The molecule has 1 N–H and O–H groups in total. The summed E-state index contributed by atoms with van der Waals surface area (Å²) in [6, 6.07) is 12.7. The number of ether oxygens (including phenoxy) is 1. The van der Waals surface area contributed by atoms with Crippen LogP contribution in [0.2, 0.25) is 0 Å². The summed E-state index contributed by atoms with van der Waals surface area (Å²) >= 11 is 1.81. The maximum atomic E-state index is 10.0. The number of thioether (sulfide) groups is 1. The van der Waals surface area contributed by atoms with E-state index in [0.29, 0.717) is 0 Å². The van der Waals surface area contributed by atoms with E-state index < -0.39 is 0 Å². The Morgan fingerprint density at radius 2 is 1.54 bits per heavy atom. The number of aliphatic hydroxyl groups excluding tert-OH is 1. The number of aliphatic hydroxyl groups is 1. The van der Waals surface area contributed by atoms with Gasteiger partial charge in [0.05, 0.1) is 13.7 Å². The fourth-order valence-electron chi connectivity index (χ4n) is 2.84. The molecule has 142 valence electrons. The van der Waals surface area contributed by atoms with E-state index in [2.05, 4.69) is 65.8 Å². The van der Waals surface area contributed by atoms with Crippen molar-refractivity contribution < 1.29 is 9.84 Å². The molecule has 3 heteroatoms. The van der Waals surface area contributed by atoms with E-state index in [0.717, 1.165) is 17.1 Å². The van der Waals surface area contributed by atoms with Gasteiger partial charge in [0.25, 0.3) is 0 Å². The van der Waals surface area contributed by atoms with Crippen molar-refractivity contribution in [3.63, 3.8) is 0 Å². The Morgan fingerprint density at radius 3 is 2.00 bits per heavy atom. The lowest BCUT2D eigenvalue weighted by atomic mass is 9.79. The van der Waals surface area contributed by atoms with E-state index in [1.54, 1.807) is 7.11 Å². The van der Waals surface area contributed by atoms with Crippen molar-refractivity contribution in [2.45, 2.75) is 69.6 Å². The third kappa shape index (κ3) is 5.05. The second kappa shape index (κ2) is 8.06. The van der Waals surface area contributed by atoms with Gasteiger partial charge in [-0.3, -0.25) is 0 Å². The summed E-state index contributed by atoms with van der Waals surface area (Å²) < 4.78 is 5.24. The van der Waals surface area contributed by atoms with Gasteiger partial charge in [0.1, 0.15) is 5.75 Å². The van der Waals surface area contributed by atoms with Crippen molar-refractivity contribution in [1.29, 1.82) is 0 Å². The van der Waals surface area contributed by atoms with Gasteiger partial charge in [-0.25, -0.2) is 0 Å². The highest BCUT2D eigenvalue weighted by atomic mass is 32.2. The van der Waals surface area contributed by atoms with Crippen molar-refractivity contribution in [3.05, 3.63) is 58.7 Å². The van der Waals surface area contributed by atoms with E-state index in [1.165, 1.54) is 21.6 Å². The average Bonchev–Trinajstić information content (AvgIpc) is 2.58. The Balaban J connectivity index is 2.41. The van der Waals surface area contributed by atoms with Gasteiger partial charge in [-0.15, -0.1) is 11.8 Å². The van der Waals surface area contributed by atoms with Crippen LogP contribution < -0.4 is 4.74 Å². The lowest BCUT2D eigenvalue weighted by Gasteiger charge is -2.29. The van der Waals surface area contributed by atoms with Crippen LogP contribution in [0.4, 0.5) is 0 Å². The Bertz CT molecular complexity index is 735. The first-order chi connectivity index (χ1) is 12.1. The molecular weight excluding hydrogens is 340 g/mol. The summed E-state index contributed by atoms with van der Waals surface area (Å²) in [5.41, 5.74) is 4.95. The zero-order chi connectivity index (χ0) is 19.5. The van der Waals surface area contributed by atoms with Gasteiger partial charge >= 0.3 is 0 Å². The summed E-state index contributed by atoms with van der Waals surface area (Å²) in [6.45, 7) is 13.5. The van der Waals surface area contributed by atoms with Crippen LogP contribution in [0.1, 0.15) is 63.8 Å². The standard InChI is InChI=1S/C23H32O2S/c1-22(2,3)18-12-17(14-24)21(20(13-18)23(4,5)6)26-15-16-8-10-19(25-7)11-9-16/h8-13,24H,14-15H2,1-7H3. The van der Waals surface area contributed by atoms with Gasteiger partial charge in [-0.05, 0) is 45.2 Å². The lowest BCUT2D eigenvalue weighted by molar-refractivity contribution is 0.278. The quantitative estimate of drug-likeness (QED) is 0.645. The van der Waals surface area contributed by atoms with E-state index >= 15 is 0 Å². The van der Waals surface area contributed by atoms with Crippen molar-refractivity contribution in [2.24, 2.45) is 0 Å². The van der Waals surface area contributed by atoms with Gasteiger partial charge in [0.2, 0.25) is 0 Å². The minimum atomic E-state index is 0.0213. The van der Waals surface area contributed by atoms with Crippen LogP contribution >= 0.6 is 11.8 Å². The molecule has 2 nitrogen and oxygen atoms in total. The molecule has 26 heavy (non-hydrogen) atoms. The molecule has 0 saturated carbocycles. The second-order valence-electron chi connectivity index (χ2n) is 8.81. The molecule has 0 amide bonds. The van der Waals surface area contributed by atoms with Crippen molar-refractivity contribution in [1.82, 2.24) is 0 Å². The summed E-state index contributed by atoms with van der Waals surface area (Å²) in [5.74, 6) is 1.74. The number of benzene rings is 2. The van der Waals surface area contributed by atoms with Gasteiger partial charge in [0.15, 0.2) is 0 Å². The molecule has 0 radical (unpaired) electrons. The molecule has 0 fully saturated rings. The highest BCUT2D eigenvalue weighted by molar-refractivity contribution is 7.98. The van der Waals surface area contributed by atoms with Crippen LogP contribution in [0.15, 0.2) is 41.3 Å². The molecule has 0 heterocycles. The zero-order valence-corrected chi connectivity index (χ0v) is 18.0. The summed E-state index contributed by atoms with van der Waals surface area (Å²) in [4.78, 5) is 1.21. The molecule has 0 bridgehead atoms. The summed E-state index contributed by atoms with van der Waals surface area (Å²) in [6.07, 6.45) is 0. The molecule has 0 aromatic heterocycles. The first-order valence-corrected chi connectivity index (χ1v) is 10.1. The molecule has 0 unspecified atom stereocenters. The van der Waals surface area contributed by atoms with Gasteiger partial charge in [0, 0.05) is 10.6 Å². The molecule has 0 aliphatic rings. The predicted octanol–water partition coefficient (Wildman–Crippen LogP) is 6.07. The Hall–Kier alpha value is -1.45. The van der Waals surface area contributed by atoms with Gasteiger partial charge < -0.3 is 9.84 Å². The molecular formula is C23H32O2S. The van der Waals surface area contributed by atoms with Crippen molar-refractivity contribution in [2.75, 3.05) is 7.11 Å². The van der Waals surface area contributed by atoms with Gasteiger partial charge in [-0.1, -0.05) is 65.8 Å². The largest absolute Gasteiger partial charge is 0.497 e. The van der Waals surface area contributed by atoms with E-state index in [-0.39, 0.29) is 17.4 Å². The molecule has 2 aromatic carbocycles. The van der Waals surface area contributed by atoms with Gasteiger partial charge in [-0.2, -0.15) is 0 Å². The van der Waals surface area contributed by atoms with E-state index in [4.69, 9.17) is 4.74 Å². The third-order valence-electron chi connectivity index (χ3n) is 4.55. The predicted molar refractivity (Wildman–Crippen MR) is 112 cm³/mol. The smallest absolute Gasteiger partial charge is 0.118 e. The maximum absolute atomic E-state index is 10.0. The first-order valence-electron chi connectivity index (χ1n) is 9.10. The van der Waals surface area contributed by atoms with Crippen molar-refractivity contribution in [3.8, 4) is 5.75 Å². The number of methoxy groups -OCH3 is 1.